The quantitative estimate of drug-likeness (QED) is 0.741. The Bertz CT molecular complexity index is 716. The average Bonchev–Trinajstić information content (AvgIpc) is 2.60. The maximum atomic E-state index is 12.2. The van der Waals surface area contributed by atoms with E-state index in [4.69, 9.17) is 21.1 Å². The second-order valence-electron chi connectivity index (χ2n) is 6.21. The Morgan fingerprint density at radius 2 is 1.96 bits per heavy atom. The van der Waals surface area contributed by atoms with Crippen molar-refractivity contribution >= 4 is 17.5 Å². The number of benzene rings is 2. The first kappa shape index (κ1) is 19.1. The molecule has 0 aliphatic rings. The van der Waals surface area contributed by atoms with Gasteiger partial charge in [-0.2, -0.15) is 0 Å². The molecule has 2 rings (SSSR count). The van der Waals surface area contributed by atoms with Gasteiger partial charge < -0.3 is 14.8 Å². The van der Waals surface area contributed by atoms with Gasteiger partial charge in [0.05, 0.1) is 13.7 Å². The molecule has 0 aromatic heterocycles. The molecule has 5 heteroatoms. The maximum absolute atomic E-state index is 12.2. The summed E-state index contributed by atoms with van der Waals surface area (Å²) in [4.78, 5) is 12.2. The van der Waals surface area contributed by atoms with Crippen molar-refractivity contribution < 1.29 is 14.3 Å². The molecule has 0 aliphatic carbocycles. The highest BCUT2D eigenvalue weighted by Gasteiger charge is 2.09. The van der Waals surface area contributed by atoms with Gasteiger partial charge in [0.25, 0.3) is 5.91 Å². The summed E-state index contributed by atoms with van der Waals surface area (Å²) < 4.78 is 11.2. The van der Waals surface area contributed by atoms with Crippen molar-refractivity contribution in [2.75, 3.05) is 13.7 Å². The number of carbonyl (C=O) groups is 1. The van der Waals surface area contributed by atoms with E-state index in [2.05, 4.69) is 19.2 Å². The molecule has 0 fully saturated rings. The highest BCUT2D eigenvalue weighted by Crippen LogP contribution is 2.28. The summed E-state index contributed by atoms with van der Waals surface area (Å²) in [6, 6.07) is 12.5. The number of amides is 1. The van der Waals surface area contributed by atoms with Crippen molar-refractivity contribution in [1.29, 1.82) is 0 Å². The van der Waals surface area contributed by atoms with E-state index in [1.54, 1.807) is 31.4 Å². The standard InChI is InChI=1S/C20H24ClNO3/c1-14(2)9-10-25-18-8-7-15(11-19(18)24-3)13-22-20(23)16-5-4-6-17(21)12-16/h4-8,11-12,14H,9-10,13H2,1-3H3,(H,22,23). The predicted molar refractivity (Wildman–Crippen MR) is 101 cm³/mol. The third-order valence-electron chi connectivity index (χ3n) is 3.72. The monoisotopic (exact) mass is 361 g/mol. The van der Waals surface area contributed by atoms with Gasteiger partial charge in [0.15, 0.2) is 11.5 Å². The van der Waals surface area contributed by atoms with E-state index in [1.165, 1.54) is 0 Å². The molecule has 0 bridgehead atoms. The van der Waals surface area contributed by atoms with Gasteiger partial charge in [0.2, 0.25) is 0 Å². The maximum Gasteiger partial charge on any atom is 0.251 e. The molecule has 0 heterocycles. The lowest BCUT2D eigenvalue weighted by Crippen LogP contribution is -2.22. The smallest absolute Gasteiger partial charge is 0.251 e. The van der Waals surface area contributed by atoms with E-state index in [-0.39, 0.29) is 5.91 Å². The third-order valence-corrected chi connectivity index (χ3v) is 3.96. The van der Waals surface area contributed by atoms with Crippen LogP contribution in [0.15, 0.2) is 42.5 Å². The van der Waals surface area contributed by atoms with Crippen molar-refractivity contribution in [3.8, 4) is 11.5 Å². The Labute approximate surface area is 154 Å². The summed E-state index contributed by atoms with van der Waals surface area (Å²) >= 11 is 5.91. The molecule has 134 valence electrons. The SMILES string of the molecule is COc1cc(CNC(=O)c2cccc(Cl)c2)ccc1OCCC(C)C. The van der Waals surface area contributed by atoms with Gasteiger partial charge in [0.1, 0.15) is 0 Å². The van der Waals surface area contributed by atoms with E-state index in [1.807, 2.05) is 18.2 Å². The first-order valence-corrected chi connectivity index (χ1v) is 8.71. The summed E-state index contributed by atoms with van der Waals surface area (Å²) in [5.41, 5.74) is 1.47. The molecule has 0 unspecified atom stereocenters. The molecule has 25 heavy (non-hydrogen) atoms. The largest absolute Gasteiger partial charge is 0.493 e. The number of carbonyl (C=O) groups excluding carboxylic acids is 1. The highest BCUT2D eigenvalue weighted by atomic mass is 35.5. The van der Waals surface area contributed by atoms with Crippen molar-refractivity contribution in [2.24, 2.45) is 5.92 Å². The second kappa shape index (κ2) is 9.33. The summed E-state index contributed by atoms with van der Waals surface area (Å²) in [5.74, 6) is 1.80. The van der Waals surface area contributed by atoms with Crippen molar-refractivity contribution in [1.82, 2.24) is 5.32 Å². The zero-order valence-electron chi connectivity index (χ0n) is 14.8. The van der Waals surface area contributed by atoms with Crippen LogP contribution in [0.2, 0.25) is 5.02 Å². The van der Waals surface area contributed by atoms with Gasteiger partial charge >= 0.3 is 0 Å². The number of nitrogens with one attached hydrogen (secondary N) is 1. The van der Waals surface area contributed by atoms with Crippen molar-refractivity contribution in [3.63, 3.8) is 0 Å². The van der Waals surface area contributed by atoms with Crippen LogP contribution in [0.25, 0.3) is 0 Å². The molecule has 0 aliphatic heterocycles. The first-order chi connectivity index (χ1) is 12.0. The molecular weight excluding hydrogens is 338 g/mol. The lowest BCUT2D eigenvalue weighted by molar-refractivity contribution is 0.0951. The molecule has 0 spiro atoms. The average molecular weight is 362 g/mol. The van der Waals surface area contributed by atoms with Crippen LogP contribution in [0.3, 0.4) is 0 Å². The molecular formula is C20H24ClNO3. The van der Waals surface area contributed by atoms with E-state index in [9.17, 15) is 4.79 Å². The predicted octanol–water partition coefficient (Wildman–Crippen LogP) is 4.70. The fourth-order valence-electron chi connectivity index (χ4n) is 2.26. The summed E-state index contributed by atoms with van der Waals surface area (Å²) in [6.07, 6.45) is 0.987. The zero-order chi connectivity index (χ0) is 18.2. The van der Waals surface area contributed by atoms with E-state index in [0.717, 1.165) is 12.0 Å². The number of halogens is 1. The van der Waals surface area contributed by atoms with E-state index >= 15 is 0 Å². The van der Waals surface area contributed by atoms with Crippen LogP contribution in [0.5, 0.6) is 11.5 Å². The van der Waals surface area contributed by atoms with Crippen LogP contribution in [0.4, 0.5) is 0 Å². The second-order valence-corrected chi connectivity index (χ2v) is 6.65. The molecule has 0 radical (unpaired) electrons. The highest BCUT2D eigenvalue weighted by molar-refractivity contribution is 6.30. The van der Waals surface area contributed by atoms with Crippen LogP contribution < -0.4 is 14.8 Å². The molecule has 2 aromatic carbocycles. The Kier molecular flexibility index (Phi) is 7.14. The van der Waals surface area contributed by atoms with Crippen LogP contribution in [0.1, 0.15) is 36.2 Å². The normalized spacial score (nSPS) is 10.6. The van der Waals surface area contributed by atoms with E-state index < -0.39 is 0 Å². The number of hydrogen-bond donors (Lipinski definition) is 1. The van der Waals surface area contributed by atoms with Crippen LogP contribution in [0, 0.1) is 5.92 Å². The minimum Gasteiger partial charge on any atom is -0.493 e. The Hall–Kier alpha value is -2.20. The fraction of sp³-hybridized carbons (Fsp3) is 0.350. The molecule has 1 N–H and O–H groups in total. The minimum absolute atomic E-state index is 0.168. The number of ether oxygens (including phenoxy) is 2. The van der Waals surface area contributed by atoms with Gasteiger partial charge in [0, 0.05) is 17.1 Å². The van der Waals surface area contributed by atoms with Gasteiger partial charge in [-0.25, -0.2) is 0 Å². The molecule has 0 saturated heterocycles. The summed E-state index contributed by atoms with van der Waals surface area (Å²) in [6.45, 7) is 5.37. The Morgan fingerprint density at radius 3 is 2.64 bits per heavy atom. The van der Waals surface area contributed by atoms with Gasteiger partial charge in [-0.1, -0.05) is 37.6 Å². The minimum atomic E-state index is -0.168. The number of methoxy groups -OCH3 is 1. The van der Waals surface area contributed by atoms with Gasteiger partial charge in [-0.15, -0.1) is 0 Å². The van der Waals surface area contributed by atoms with Gasteiger partial charge in [-0.3, -0.25) is 4.79 Å². The molecule has 2 aromatic rings. The van der Waals surface area contributed by atoms with Crippen LogP contribution >= 0.6 is 11.6 Å². The number of hydrogen-bond acceptors (Lipinski definition) is 3. The number of rotatable bonds is 8. The van der Waals surface area contributed by atoms with E-state index in [0.29, 0.717) is 41.2 Å². The summed E-state index contributed by atoms with van der Waals surface area (Å²) in [5, 5.41) is 3.42. The molecule has 0 saturated carbocycles. The third kappa shape index (κ3) is 5.98. The molecule has 1 amide bonds. The Morgan fingerprint density at radius 1 is 1.16 bits per heavy atom. The molecule has 4 nitrogen and oxygen atoms in total. The Balaban J connectivity index is 1.97. The zero-order valence-corrected chi connectivity index (χ0v) is 15.6. The fourth-order valence-corrected chi connectivity index (χ4v) is 2.45. The lowest BCUT2D eigenvalue weighted by atomic mass is 10.1. The lowest BCUT2D eigenvalue weighted by Gasteiger charge is -2.13. The van der Waals surface area contributed by atoms with Crippen LogP contribution in [-0.2, 0) is 6.54 Å². The first-order valence-electron chi connectivity index (χ1n) is 8.33. The van der Waals surface area contributed by atoms with Crippen LogP contribution in [-0.4, -0.2) is 19.6 Å². The topological polar surface area (TPSA) is 47.6 Å². The van der Waals surface area contributed by atoms with Gasteiger partial charge in [-0.05, 0) is 48.2 Å². The van der Waals surface area contributed by atoms with Crippen molar-refractivity contribution in [2.45, 2.75) is 26.8 Å². The summed E-state index contributed by atoms with van der Waals surface area (Å²) in [7, 11) is 1.61. The molecule has 0 atom stereocenters. The van der Waals surface area contributed by atoms with Crippen molar-refractivity contribution in [3.05, 3.63) is 58.6 Å².